The summed E-state index contributed by atoms with van der Waals surface area (Å²) >= 11 is 5.83. The SMILES string of the molecule is COc1cc(-c2cc(F)cc(C(C)C)c2CC(=O)NS(=O)(=O)c2ccc(C(=O)[O-])c(Cl)c2)ccn1.[K+]. The number of ether oxygens (including phenoxy) is 1. The van der Waals surface area contributed by atoms with E-state index in [2.05, 4.69) is 4.98 Å². The van der Waals surface area contributed by atoms with Gasteiger partial charge < -0.3 is 14.6 Å². The van der Waals surface area contributed by atoms with Gasteiger partial charge in [0.2, 0.25) is 11.8 Å². The molecule has 0 aliphatic rings. The summed E-state index contributed by atoms with van der Waals surface area (Å²) in [6, 6.07) is 8.66. The number of carbonyl (C=O) groups is 2. The number of carbonyl (C=O) groups excluding carboxylic acids is 2. The van der Waals surface area contributed by atoms with E-state index in [1.165, 1.54) is 25.4 Å². The molecule has 2 aromatic carbocycles. The number of rotatable bonds is 8. The Balaban J connectivity index is 0.00000456. The fourth-order valence-electron chi connectivity index (χ4n) is 3.55. The molecule has 184 valence electrons. The van der Waals surface area contributed by atoms with Gasteiger partial charge in [0.25, 0.3) is 10.0 Å². The van der Waals surface area contributed by atoms with Crippen LogP contribution in [0.25, 0.3) is 11.1 Å². The Bertz CT molecular complexity index is 1420. The Morgan fingerprint density at radius 2 is 1.86 bits per heavy atom. The van der Waals surface area contributed by atoms with Crippen molar-refractivity contribution in [2.24, 2.45) is 0 Å². The molecule has 0 aliphatic carbocycles. The maximum Gasteiger partial charge on any atom is 1.00 e. The quantitative estimate of drug-likeness (QED) is 0.388. The summed E-state index contributed by atoms with van der Waals surface area (Å²) in [5.74, 6) is -2.85. The molecule has 12 heteroatoms. The van der Waals surface area contributed by atoms with Gasteiger partial charge in [-0.3, -0.25) is 4.79 Å². The number of carboxylic acids is 1. The number of hydrogen-bond acceptors (Lipinski definition) is 7. The maximum absolute atomic E-state index is 14.5. The van der Waals surface area contributed by atoms with Crippen molar-refractivity contribution in [1.29, 1.82) is 0 Å². The minimum absolute atomic E-state index is 0. The molecular formula is C24H21ClFKN2O6S. The number of aromatic carboxylic acids is 1. The van der Waals surface area contributed by atoms with Gasteiger partial charge in [0.05, 0.1) is 29.4 Å². The summed E-state index contributed by atoms with van der Waals surface area (Å²) < 4.78 is 47.1. The van der Waals surface area contributed by atoms with Gasteiger partial charge in [0, 0.05) is 17.8 Å². The number of sulfonamides is 1. The molecule has 0 saturated heterocycles. The fraction of sp³-hybridized carbons (Fsp3) is 0.208. The van der Waals surface area contributed by atoms with Gasteiger partial charge >= 0.3 is 51.4 Å². The van der Waals surface area contributed by atoms with Crippen LogP contribution in [-0.4, -0.2) is 32.4 Å². The molecule has 3 rings (SSSR count). The van der Waals surface area contributed by atoms with Crippen LogP contribution >= 0.6 is 11.6 Å². The topological polar surface area (TPSA) is 125 Å². The van der Waals surface area contributed by atoms with Gasteiger partial charge in [-0.1, -0.05) is 31.5 Å². The van der Waals surface area contributed by atoms with Crippen LogP contribution in [0.1, 0.15) is 41.3 Å². The monoisotopic (exact) mass is 558 g/mol. The number of halogens is 2. The summed E-state index contributed by atoms with van der Waals surface area (Å²) in [5.41, 5.74) is 1.51. The number of aromatic nitrogens is 1. The molecule has 0 unspecified atom stereocenters. The molecule has 3 aromatic rings. The van der Waals surface area contributed by atoms with Crippen LogP contribution in [0, 0.1) is 5.82 Å². The summed E-state index contributed by atoms with van der Waals surface area (Å²) in [7, 11) is -2.94. The number of methoxy groups -OCH3 is 1. The van der Waals surface area contributed by atoms with E-state index in [-0.39, 0.29) is 80.2 Å². The first-order valence-corrected chi connectivity index (χ1v) is 12.2. The zero-order valence-electron chi connectivity index (χ0n) is 20.0. The van der Waals surface area contributed by atoms with Crippen LogP contribution in [0.4, 0.5) is 4.39 Å². The molecule has 36 heavy (non-hydrogen) atoms. The van der Waals surface area contributed by atoms with Crippen LogP contribution in [-0.2, 0) is 21.2 Å². The predicted octanol–water partition coefficient (Wildman–Crippen LogP) is 0.0882. The molecule has 0 bridgehead atoms. The molecule has 0 fully saturated rings. The number of carboxylic acid groups (broad SMARTS) is 1. The van der Waals surface area contributed by atoms with E-state index in [9.17, 15) is 27.5 Å². The van der Waals surface area contributed by atoms with Crippen LogP contribution in [0.5, 0.6) is 5.88 Å². The third kappa shape index (κ3) is 7.12. The first kappa shape index (κ1) is 30.4. The Labute approximate surface area is 255 Å². The third-order valence-electron chi connectivity index (χ3n) is 5.18. The van der Waals surface area contributed by atoms with Crippen molar-refractivity contribution in [1.82, 2.24) is 9.71 Å². The van der Waals surface area contributed by atoms with Gasteiger partial charge in [-0.25, -0.2) is 22.5 Å². The van der Waals surface area contributed by atoms with E-state index in [0.29, 0.717) is 22.3 Å². The Kier molecular flexibility index (Phi) is 10.6. The average Bonchev–Trinajstić information content (AvgIpc) is 2.79. The Morgan fingerprint density at radius 1 is 1.17 bits per heavy atom. The molecule has 0 atom stereocenters. The first-order chi connectivity index (χ1) is 16.4. The van der Waals surface area contributed by atoms with Crippen molar-refractivity contribution in [3.05, 3.63) is 76.2 Å². The molecule has 0 radical (unpaired) electrons. The van der Waals surface area contributed by atoms with Gasteiger partial charge in [-0.15, -0.1) is 0 Å². The zero-order valence-corrected chi connectivity index (χ0v) is 24.7. The number of amides is 1. The van der Waals surface area contributed by atoms with E-state index in [1.54, 1.807) is 12.1 Å². The minimum atomic E-state index is -4.38. The van der Waals surface area contributed by atoms with Gasteiger partial charge in [0.1, 0.15) is 5.82 Å². The van der Waals surface area contributed by atoms with Gasteiger partial charge in [-0.05, 0) is 58.5 Å². The second-order valence-corrected chi connectivity index (χ2v) is 9.99. The number of nitrogens with zero attached hydrogens (tertiary/aromatic N) is 1. The smallest absolute Gasteiger partial charge is 0.545 e. The first-order valence-electron chi connectivity index (χ1n) is 10.3. The molecular weight excluding hydrogens is 538 g/mol. The zero-order chi connectivity index (χ0) is 25.9. The van der Waals surface area contributed by atoms with Crippen molar-refractivity contribution in [2.75, 3.05) is 7.11 Å². The fourth-order valence-corrected chi connectivity index (χ4v) is 4.88. The van der Waals surface area contributed by atoms with Crippen molar-refractivity contribution >= 4 is 33.5 Å². The van der Waals surface area contributed by atoms with E-state index in [4.69, 9.17) is 16.3 Å². The number of nitrogens with one attached hydrogen (secondary N) is 1. The Morgan fingerprint density at radius 3 is 2.44 bits per heavy atom. The van der Waals surface area contributed by atoms with E-state index in [0.717, 1.165) is 18.2 Å². The Hall–Kier alpha value is -1.86. The molecule has 1 N–H and O–H groups in total. The standard InChI is InChI=1S/C24H22ClFN2O6S.K/c1-13(2)18-9-15(26)10-19(14-6-7-27-23(8-14)34-3)20(18)12-22(29)28-35(32,33)16-4-5-17(24(30)31)21(25)11-16;/h4-11,13H,12H2,1-3H3,(H,28,29)(H,30,31);/q;+1/p-1. The van der Waals surface area contributed by atoms with Crippen molar-refractivity contribution in [2.45, 2.75) is 31.1 Å². The number of pyridine rings is 1. The summed E-state index contributed by atoms with van der Waals surface area (Å²) in [5, 5.41) is 10.7. The van der Waals surface area contributed by atoms with Crippen LogP contribution in [0.2, 0.25) is 5.02 Å². The number of hydrogen-bond donors (Lipinski definition) is 1. The largest absolute Gasteiger partial charge is 1.00 e. The van der Waals surface area contributed by atoms with Crippen molar-refractivity contribution in [3.8, 4) is 17.0 Å². The second kappa shape index (κ2) is 12.6. The molecule has 8 nitrogen and oxygen atoms in total. The van der Waals surface area contributed by atoms with E-state index in [1.807, 2.05) is 18.6 Å². The molecule has 1 amide bonds. The van der Waals surface area contributed by atoms with Gasteiger partial charge in [0.15, 0.2) is 0 Å². The normalized spacial score (nSPS) is 11.1. The molecule has 1 heterocycles. The van der Waals surface area contributed by atoms with Crippen LogP contribution in [0.3, 0.4) is 0 Å². The second-order valence-electron chi connectivity index (χ2n) is 7.90. The number of benzene rings is 2. The summed E-state index contributed by atoms with van der Waals surface area (Å²) in [6.07, 6.45) is 1.10. The van der Waals surface area contributed by atoms with Crippen molar-refractivity contribution < 1.29 is 83.6 Å². The minimum Gasteiger partial charge on any atom is -0.545 e. The van der Waals surface area contributed by atoms with Gasteiger partial charge in [-0.2, -0.15) is 0 Å². The predicted molar refractivity (Wildman–Crippen MR) is 125 cm³/mol. The third-order valence-corrected chi connectivity index (χ3v) is 6.87. The van der Waals surface area contributed by atoms with Crippen molar-refractivity contribution in [3.63, 3.8) is 0 Å². The summed E-state index contributed by atoms with van der Waals surface area (Å²) in [6.45, 7) is 3.65. The molecule has 0 saturated carbocycles. The van der Waals surface area contributed by atoms with E-state index < -0.39 is 32.6 Å². The maximum atomic E-state index is 14.5. The molecule has 0 aliphatic heterocycles. The molecule has 1 aromatic heterocycles. The summed E-state index contributed by atoms with van der Waals surface area (Å²) in [4.78, 5) is 27.5. The van der Waals surface area contributed by atoms with Crippen LogP contribution < -0.4 is 66.0 Å². The average molecular weight is 559 g/mol. The molecule has 0 spiro atoms. The van der Waals surface area contributed by atoms with Crippen LogP contribution in [0.15, 0.2) is 53.6 Å². The van der Waals surface area contributed by atoms with E-state index >= 15 is 0 Å².